The van der Waals surface area contributed by atoms with E-state index in [4.69, 9.17) is 37.9 Å². The smallest absolute Gasteiger partial charge is 0.372 e. The van der Waals surface area contributed by atoms with E-state index in [0.29, 0.717) is 5.56 Å². The maximum absolute atomic E-state index is 12.1. The molecular weight excluding hydrogens is 716 g/mol. The largest absolute Gasteiger partial charge is 0.451 e. The molecule has 0 spiro atoms. The first-order chi connectivity index (χ1) is 26.9. The van der Waals surface area contributed by atoms with Gasteiger partial charge in [-0.3, -0.25) is 4.79 Å². The number of esters is 2. The predicted octanol–water partition coefficient (Wildman–Crippen LogP) is 7.74. The molecule has 0 amide bonds. The molecule has 0 aliphatic carbocycles. The van der Waals surface area contributed by atoms with Crippen molar-refractivity contribution in [3.8, 4) is 0 Å². The first-order valence-corrected chi connectivity index (χ1v) is 18.4. The average molecular weight is 767 g/mol. The minimum atomic E-state index is -0.963. The molecule has 2 heterocycles. The van der Waals surface area contributed by atoms with Crippen LogP contribution in [-0.4, -0.2) is 68.4 Å². The molecule has 2 saturated heterocycles. The van der Waals surface area contributed by atoms with E-state index in [9.17, 15) is 14.4 Å². The molecule has 11 nitrogen and oxygen atoms in total. The van der Waals surface area contributed by atoms with E-state index in [2.05, 4.69) is 6.58 Å². The van der Waals surface area contributed by atoms with Gasteiger partial charge in [-0.25, -0.2) is 9.59 Å². The van der Waals surface area contributed by atoms with Crippen LogP contribution >= 0.6 is 0 Å². The van der Waals surface area contributed by atoms with Crippen LogP contribution in [0.15, 0.2) is 134 Å². The summed E-state index contributed by atoms with van der Waals surface area (Å²) >= 11 is 0. The molecule has 2 aliphatic rings. The summed E-state index contributed by atoms with van der Waals surface area (Å²) in [6, 6.07) is 38.1. The molecule has 6 rings (SSSR count). The molecule has 0 N–H and O–H groups in total. The van der Waals surface area contributed by atoms with Gasteiger partial charge in [-0.2, -0.15) is 0 Å². The molecule has 2 unspecified atom stereocenters. The zero-order valence-electron chi connectivity index (χ0n) is 32.5. The highest BCUT2D eigenvalue weighted by Gasteiger charge is 2.52. The molecule has 0 aromatic heterocycles. The monoisotopic (exact) mass is 766 g/mol. The lowest BCUT2D eigenvalue weighted by atomic mass is 9.93. The Bertz CT molecular complexity index is 1710. The summed E-state index contributed by atoms with van der Waals surface area (Å²) in [5, 5.41) is 0. The fourth-order valence-corrected chi connectivity index (χ4v) is 7.04. The van der Waals surface area contributed by atoms with Crippen LogP contribution < -0.4 is 0 Å². The van der Waals surface area contributed by atoms with Crippen molar-refractivity contribution in [2.75, 3.05) is 14.2 Å². The third-order valence-electron chi connectivity index (χ3n) is 9.29. The zero-order valence-corrected chi connectivity index (χ0v) is 32.5. The van der Waals surface area contributed by atoms with E-state index in [0.717, 1.165) is 22.8 Å². The molecule has 4 aromatic carbocycles. The summed E-state index contributed by atoms with van der Waals surface area (Å²) in [5.74, 6) is -3.25. The van der Waals surface area contributed by atoms with Gasteiger partial charge in [0.05, 0.1) is 0 Å². The van der Waals surface area contributed by atoms with E-state index in [1.165, 1.54) is 0 Å². The highest BCUT2D eigenvalue weighted by atomic mass is 16.8. The topological polar surface area (TPSA) is 125 Å². The maximum atomic E-state index is 12.1. The van der Waals surface area contributed by atoms with Crippen molar-refractivity contribution in [3.63, 3.8) is 0 Å². The molecule has 4 aromatic rings. The van der Waals surface area contributed by atoms with Gasteiger partial charge in [0.2, 0.25) is 6.29 Å². The molecule has 296 valence electrons. The van der Waals surface area contributed by atoms with Gasteiger partial charge in [0.1, 0.15) is 36.6 Å². The van der Waals surface area contributed by atoms with Crippen LogP contribution in [0.1, 0.15) is 74.4 Å². The summed E-state index contributed by atoms with van der Waals surface area (Å²) in [6.45, 7) is 10.8. The lowest BCUT2D eigenvalue weighted by molar-refractivity contribution is -0.173. The Hall–Kier alpha value is -5.01. The van der Waals surface area contributed by atoms with Gasteiger partial charge in [0, 0.05) is 20.3 Å². The minimum Gasteiger partial charge on any atom is -0.451 e. The number of ether oxygens (including phenoxy) is 8. The van der Waals surface area contributed by atoms with Crippen molar-refractivity contribution in [2.45, 2.75) is 88.1 Å². The number of hydrogen-bond acceptors (Lipinski definition) is 11. The van der Waals surface area contributed by atoms with Crippen LogP contribution in [-0.2, 0) is 52.3 Å². The third-order valence-corrected chi connectivity index (χ3v) is 9.29. The number of methoxy groups -OCH3 is 2. The Morgan fingerprint density at radius 3 is 1.05 bits per heavy atom. The summed E-state index contributed by atoms with van der Waals surface area (Å²) in [4.78, 5) is 34.8. The number of benzene rings is 4. The fraction of sp³-hybridized carbons (Fsp3) is 0.356. The van der Waals surface area contributed by atoms with Crippen molar-refractivity contribution in [1.29, 1.82) is 0 Å². The quantitative estimate of drug-likeness (QED) is 0.0542. The van der Waals surface area contributed by atoms with E-state index >= 15 is 0 Å². The Labute approximate surface area is 328 Å². The normalized spacial score (nSPS) is 23.0. The Kier molecular flexibility index (Phi) is 14.5. The average Bonchev–Trinajstić information content (AvgIpc) is 3.71. The zero-order chi connectivity index (χ0) is 40.3. The molecule has 2 fully saturated rings. The van der Waals surface area contributed by atoms with Crippen LogP contribution in [0.4, 0.5) is 0 Å². The first-order valence-electron chi connectivity index (χ1n) is 18.4. The Morgan fingerprint density at radius 2 is 0.786 bits per heavy atom. The van der Waals surface area contributed by atoms with E-state index in [1.807, 2.05) is 135 Å². The highest BCUT2D eigenvalue weighted by Crippen LogP contribution is 2.44. The van der Waals surface area contributed by atoms with Crippen molar-refractivity contribution in [2.24, 2.45) is 0 Å². The summed E-state index contributed by atoms with van der Waals surface area (Å²) in [6.07, 6.45) is -3.31. The van der Waals surface area contributed by atoms with Crippen LogP contribution in [0.25, 0.3) is 0 Å². The van der Waals surface area contributed by atoms with Crippen LogP contribution in [0.2, 0.25) is 0 Å². The molecular formula is C45H50O11. The number of carbonyl (C=O) groups is 3. The van der Waals surface area contributed by atoms with Gasteiger partial charge in [0.25, 0.3) is 0 Å². The summed E-state index contributed by atoms with van der Waals surface area (Å²) in [7, 11) is 3.23. The SMILES string of the molecule is C=CC(=O)O[C@H](c1ccccc1)C1OC(C)(C)O[C@H]1[C@H](OC)c1ccccc1.CO[C@H](c1ccccc1)[C@@H]1OC(C)(C)OC1[C@H](OC(=O)C=O)c1ccccc1. The fourth-order valence-electron chi connectivity index (χ4n) is 7.04. The van der Waals surface area contributed by atoms with Gasteiger partial charge in [-0.15, -0.1) is 0 Å². The lowest BCUT2D eigenvalue weighted by Gasteiger charge is -2.30. The molecule has 56 heavy (non-hydrogen) atoms. The lowest BCUT2D eigenvalue weighted by Crippen LogP contribution is -2.37. The van der Waals surface area contributed by atoms with Crippen LogP contribution in [0, 0.1) is 0 Å². The van der Waals surface area contributed by atoms with Crippen molar-refractivity contribution in [1.82, 2.24) is 0 Å². The number of rotatable bonds is 14. The van der Waals surface area contributed by atoms with E-state index in [1.54, 1.807) is 28.1 Å². The van der Waals surface area contributed by atoms with Crippen molar-refractivity contribution in [3.05, 3.63) is 156 Å². The van der Waals surface area contributed by atoms with Crippen LogP contribution in [0.3, 0.4) is 0 Å². The number of aldehydes is 1. The van der Waals surface area contributed by atoms with Gasteiger partial charge < -0.3 is 37.9 Å². The highest BCUT2D eigenvalue weighted by molar-refractivity contribution is 6.20. The predicted molar refractivity (Wildman–Crippen MR) is 207 cm³/mol. The molecule has 0 radical (unpaired) electrons. The number of carbonyl (C=O) groups excluding carboxylic acids is 3. The third kappa shape index (κ3) is 10.6. The molecule has 11 heteroatoms. The molecule has 0 bridgehead atoms. The Morgan fingerprint density at radius 1 is 0.518 bits per heavy atom. The second-order valence-electron chi connectivity index (χ2n) is 14.1. The molecule has 2 aliphatic heterocycles. The van der Waals surface area contributed by atoms with Gasteiger partial charge >= 0.3 is 11.9 Å². The minimum absolute atomic E-state index is 0.150. The Balaban J connectivity index is 0.000000214. The number of hydrogen-bond donors (Lipinski definition) is 0. The molecule has 0 saturated carbocycles. The van der Waals surface area contributed by atoms with Crippen LogP contribution in [0.5, 0.6) is 0 Å². The van der Waals surface area contributed by atoms with Gasteiger partial charge in [0.15, 0.2) is 23.8 Å². The van der Waals surface area contributed by atoms with Gasteiger partial charge in [-0.1, -0.05) is 128 Å². The first kappa shape index (κ1) is 42.1. The van der Waals surface area contributed by atoms with E-state index < -0.39 is 66.2 Å². The van der Waals surface area contributed by atoms with Crippen molar-refractivity contribution >= 4 is 18.2 Å². The second kappa shape index (κ2) is 19.2. The van der Waals surface area contributed by atoms with E-state index in [-0.39, 0.29) is 12.4 Å². The second-order valence-corrected chi connectivity index (χ2v) is 14.1. The maximum Gasteiger partial charge on any atom is 0.372 e. The summed E-state index contributed by atoms with van der Waals surface area (Å²) in [5.41, 5.74) is 3.40. The van der Waals surface area contributed by atoms with Gasteiger partial charge in [-0.05, 0) is 49.9 Å². The summed E-state index contributed by atoms with van der Waals surface area (Å²) < 4.78 is 47.4. The van der Waals surface area contributed by atoms with Crippen molar-refractivity contribution < 1.29 is 52.3 Å². The standard InChI is InChI=1S/C23H26O5.C22H24O6/c1-5-18(24)26-20(17-14-10-7-11-15-17)22-21(27-23(2,3)28-22)19(25-4)16-12-8-6-9-13-16;1-22(2)27-20(18(25-3)15-10-6-4-7-11-15)21(28-22)19(26-17(24)14-23)16-12-8-5-9-13-16/h5-15,19-22H,1H2,2-4H3;4-14,18-21H,1-3H3/t19-,20-,21+,22?;18-,19-,20+,21?/m11/s1. The molecule has 8 atom stereocenters.